The van der Waals surface area contributed by atoms with Gasteiger partial charge in [0.25, 0.3) is 0 Å². The highest BCUT2D eigenvalue weighted by atomic mass is 35.5. The number of nitrogens with zero attached hydrogens (tertiary/aromatic N) is 7. The molecule has 15 heteroatoms. The summed E-state index contributed by atoms with van der Waals surface area (Å²) in [5.41, 5.74) is 6.68. The van der Waals surface area contributed by atoms with Crippen molar-refractivity contribution in [1.82, 2.24) is 24.5 Å². The van der Waals surface area contributed by atoms with Crippen LogP contribution in [-0.2, 0) is 4.79 Å². The number of alkyl halides is 2. The van der Waals surface area contributed by atoms with Crippen molar-refractivity contribution in [3.05, 3.63) is 28.9 Å². The normalized spacial score (nSPS) is 16.9. The molecule has 1 aromatic carbocycles. The molecule has 0 spiro atoms. The molecule has 1 amide bonds. The minimum atomic E-state index is -3.04. The van der Waals surface area contributed by atoms with Crippen molar-refractivity contribution in [1.29, 1.82) is 5.26 Å². The van der Waals surface area contributed by atoms with Gasteiger partial charge in [-0.2, -0.15) is 33.6 Å². The van der Waals surface area contributed by atoms with E-state index >= 15 is 0 Å². The number of amides is 1. The molecule has 2 aromatic heterocycles. The van der Waals surface area contributed by atoms with Gasteiger partial charge in [-0.15, -0.1) is 0 Å². The minimum Gasteiger partial charge on any atom is -0.435 e. The number of benzene rings is 1. The number of hydrogen-bond acceptors (Lipinski definition) is 10. The van der Waals surface area contributed by atoms with E-state index in [0.29, 0.717) is 37.8 Å². The SMILES string of the molecule is C[C@@H](C(N)=O)N1CCN(c2cc(OC(F)F)cc(Nc3nc(NC4CC4)n4ncc(C#N)c4n3)c2Cl)CC1. The van der Waals surface area contributed by atoms with E-state index in [1.165, 1.54) is 22.8 Å². The lowest BCUT2D eigenvalue weighted by atomic mass is 10.2. The number of rotatable bonds is 9. The van der Waals surface area contributed by atoms with Crippen LogP contribution in [0.15, 0.2) is 18.3 Å². The predicted molar refractivity (Wildman–Crippen MR) is 136 cm³/mol. The highest BCUT2D eigenvalue weighted by Crippen LogP contribution is 2.39. The van der Waals surface area contributed by atoms with E-state index in [9.17, 15) is 18.8 Å². The van der Waals surface area contributed by atoms with Gasteiger partial charge in [-0.25, -0.2) is 0 Å². The van der Waals surface area contributed by atoms with Gasteiger partial charge in [0.2, 0.25) is 17.8 Å². The van der Waals surface area contributed by atoms with Crippen LogP contribution in [0.2, 0.25) is 5.02 Å². The molecule has 1 atom stereocenters. The van der Waals surface area contributed by atoms with E-state index in [1.54, 1.807) is 6.92 Å². The van der Waals surface area contributed by atoms with Gasteiger partial charge in [-0.3, -0.25) is 9.69 Å². The smallest absolute Gasteiger partial charge is 0.387 e. The maximum absolute atomic E-state index is 13.2. The summed E-state index contributed by atoms with van der Waals surface area (Å²) < 4.78 is 32.5. The predicted octanol–water partition coefficient (Wildman–Crippen LogP) is 2.56. The number of primary amides is 1. The molecule has 2 fully saturated rings. The second kappa shape index (κ2) is 10.4. The Hall–Kier alpha value is -3.96. The third kappa shape index (κ3) is 5.34. The summed E-state index contributed by atoms with van der Waals surface area (Å²) in [6, 6.07) is 4.65. The molecule has 2 aliphatic rings. The van der Waals surface area contributed by atoms with E-state index in [4.69, 9.17) is 22.1 Å². The molecule has 5 rings (SSSR count). The van der Waals surface area contributed by atoms with Gasteiger partial charge in [0.1, 0.15) is 17.4 Å². The number of nitrogens with one attached hydrogen (secondary N) is 2. The van der Waals surface area contributed by atoms with Crippen molar-refractivity contribution in [3.8, 4) is 11.8 Å². The summed E-state index contributed by atoms with van der Waals surface area (Å²) in [6.07, 6.45) is 3.36. The maximum atomic E-state index is 13.2. The number of hydrogen-bond donors (Lipinski definition) is 3. The van der Waals surface area contributed by atoms with Crippen molar-refractivity contribution in [2.45, 2.75) is 38.5 Å². The lowest BCUT2D eigenvalue weighted by molar-refractivity contribution is -0.122. The molecule has 4 N–H and O–H groups in total. The Labute approximate surface area is 221 Å². The van der Waals surface area contributed by atoms with E-state index in [1.807, 2.05) is 9.80 Å². The van der Waals surface area contributed by atoms with Gasteiger partial charge >= 0.3 is 6.61 Å². The second-order valence-corrected chi connectivity index (χ2v) is 9.48. The van der Waals surface area contributed by atoms with Crippen molar-refractivity contribution in [2.75, 3.05) is 41.7 Å². The zero-order valence-corrected chi connectivity index (χ0v) is 21.1. The monoisotopic (exact) mass is 546 g/mol. The molecular formula is C23H25ClF2N10O2. The fourth-order valence-electron chi connectivity index (χ4n) is 4.24. The fraction of sp³-hybridized carbons (Fsp3) is 0.435. The van der Waals surface area contributed by atoms with Crippen LogP contribution in [-0.4, -0.2) is 75.3 Å². The molecule has 1 aliphatic heterocycles. The summed E-state index contributed by atoms with van der Waals surface area (Å²) in [5, 5.41) is 20.2. The van der Waals surface area contributed by atoms with Crippen molar-refractivity contribution < 1.29 is 18.3 Å². The van der Waals surface area contributed by atoms with Crippen molar-refractivity contribution in [2.24, 2.45) is 5.73 Å². The summed E-state index contributed by atoms with van der Waals surface area (Å²) in [5.74, 6) is -0.0350. The number of halogens is 3. The molecular weight excluding hydrogens is 522 g/mol. The van der Waals surface area contributed by atoms with Crippen LogP contribution in [0, 0.1) is 11.3 Å². The van der Waals surface area contributed by atoms with E-state index in [2.05, 4.69) is 31.8 Å². The Morgan fingerprint density at radius 2 is 2.00 bits per heavy atom. The topological polar surface area (TPSA) is 150 Å². The Morgan fingerprint density at radius 3 is 2.63 bits per heavy atom. The third-order valence-electron chi connectivity index (χ3n) is 6.51. The summed E-state index contributed by atoms with van der Waals surface area (Å²) in [6.45, 7) is 0.708. The van der Waals surface area contributed by atoms with Crippen molar-refractivity contribution >= 4 is 46.4 Å². The van der Waals surface area contributed by atoms with Crippen LogP contribution in [0.25, 0.3) is 5.65 Å². The standard InChI is InChI=1S/C23H25ClF2N10O2/c1-12(19(28)37)34-4-6-35(7-5-34)17-9-15(38-21(25)26)8-16(18(17)24)31-22-32-20-13(10-27)11-29-36(20)23(33-22)30-14-2-3-14/h8-9,11-12,14,21H,2-7H2,1H3,(H2,28,37)(H2,30,31,32,33)/t12-/m0/s1. The third-order valence-corrected chi connectivity index (χ3v) is 6.91. The number of carbonyl (C=O) groups is 1. The molecule has 0 unspecified atom stereocenters. The highest BCUT2D eigenvalue weighted by Gasteiger charge is 2.27. The number of nitriles is 1. The number of nitrogens with two attached hydrogens (primary N) is 1. The molecule has 1 saturated heterocycles. The molecule has 1 aliphatic carbocycles. The number of piperazine rings is 1. The van der Waals surface area contributed by atoms with Gasteiger partial charge in [0.15, 0.2) is 5.65 Å². The van der Waals surface area contributed by atoms with Crippen molar-refractivity contribution in [3.63, 3.8) is 0 Å². The first-order valence-corrected chi connectivity index (χ1v) is 12.4. The molecule has 200 valence electrons. The number of aromatic nitrogens is 4. The fourth-order valence-corrected chi connectivity index (χ4v) is 4.52. The van der Waals surface area contributed by atoms with Gasteiger partial charge < -0.3 is 26.0 Å². The first kappa shape index (κ1) is 25.7. The molecule has 0 radical (unpaired) electrons. The van der Waals surface area contributed by atoms with E-state index in [0.717, 1.165) is 12.8 Å². The molecule has 12 nitrogen and oxygen atoms in total. The first-order chi connectivity index (χ1) is 18.2. The van der Waals surface area contributed by atoms with Gasteiger partial charge in [-0.05, 0) is 19.8 Å². The number of carbonyl (C=O) groups excluding carboxylic acids is 1. The van der Waals surface area contributed by atoms with Crippen LogP contribution >= 0.6 is 11.6 Å². The summed E-state index contributed by atoms with van der Waals surface area (Å²) in [4.78, 5) is 24.3. The molecule has 1 saturated carbocycles. The lowest BCUT2D eigenvalue weighted by Crippen LogP contribution is -2.53. The quantitative estimate of drug-likeness (QED) is 0.365. The maximum Gasteiger partial charge on any atom is 0.387 e. The lowest BCUT2D eigenvalue weighted by Gasteiger charge is -2.38. The summed E-state index contributed by atoms with van der Waals surface area (Å²) >= 11 is 6.76. The first-order valence-electron chi connectivity index (χ1n) is 12.0. The molecule has 0 bridgehead atoms. The van der Waals surface area contributed by atoms with Crippen LogP contribution < -0.4 is 26.0 Å². The Bertz CT molecular complexity index is 1400. The molecule has 38 heavy (non-hydrogen) atoms. The van der Waals surface area contributed by atoms with E-state index < -0.39 is 18.6 Å². The number of anilines is 4. The Morgan fingerprint density at radius 1 is 1.26 bits per heavy atom. The van der Waals surface area contributed by atoms with Crippen LogP contribution in [0.5, 0.6) is 5.75 Å². The molecule has 3 aromatic rings. The Balaban J connectivity index is 1.48. The second-order valence-electron chi connectivity index (χ2n) is 9.10. The zero-order valence-electron chi connectivity index (χ0n) is 20.4. The van der Waals surface area contributed by atoms with Crippen LogP contribution in [0.1, 0.15) is 25.3 Å². The molecule has 3 heterocycles. The number of ether oxygens (including phenoxy) is 1. The average Bonchev–Trinajstić information content (AvgIpc) is 3.61. The number of fused-ring (bicyclic) bond motifs is 1. The van der Waals surface area contributed by atoms with E-state index in [-0.39, 0.29) is 39.7 Å². The summed E-state index contributed by atoms with van der Waals surface area (Å²) in [7, 11) is 0. The van der Waals surface area contributed by atoms with Crippen LogP contribution in [0.4, 0.5) is 32.1 Å². The Kier molecular flexibility index (Phi) is 7.04. The average molecular weight is 547 g/mol. The largest absolute Gasteiger partial charge is 0.435 e. The van der Waals surface area contributed by atoms with Crippen LogP contribution in [0.3, 0.4) is 0 Å². The van der Waals surface area contributed by atoms with Gasteiger partial charge in [-0.1, -0.05) is 11.6 Å². The minimum absolute atomic E-state index is 0.0970. The van der Waals surface area contributed by atoms with Gasteiger partial charge in [0, 0.05) is 44.4 Å². The van der Waals surface area contributed by atoms with Gasteiger partial charge in [0.05, 0.1) is 28.6 Å². The zero-order chi connectivity index (χ0) is 27.0. The highest BCUT2D eigenvalue weighted by molar-refractivity contribution is 6.36.